The van der Waals surface area contributed by atoms with Crippen LogP contribution in [0.25, 0.3) is 0 Å². The number of hydrogen-bond donors (Lipinski definition) is 0. The number of fused-ring (bicyclic) bond motifs is 1. The van der Waals surface area contributed by atoms with Crippen molar-refractivity contribution in [3.05, 3.63) is 0 Å². The Kier molecular flexibility index (Phi) is 2.72. The summed E-state index contributed by atoms with van der Waals surface area (Å²) in [5, 5.41) is 0. The highest BCUT2D eigenvalue weighted by Gasteiger charge is 2.49. The SMILES string of the molecule is CC(=O)CC1CCCN1C(=O)C1CC2CC2C1. The molecular weight excluding hydrogens is 214 g/mol. The van der Waals surface area contributed by atoms with E-state index in [9.17, 15) is 9.59 Å². The number of ketones is 1. The second kappa shape index (κ2) is 4.11. The summed E-state index contributed by atoms with van der Waals surface area (Å²) in [7, 11) is 0. The van der Waals surface area contributed by atoms with Crippen LogP contribution in [0.3, 0.4) is 0 Å². The molecule has 1 aliphatic heterocycles. The van der Waals surface area contributed by atoms with Crippen molar-refractivity contribution in [2.24, 2.45) is 17.8 Å². The second-order valence-electron chi connectivity index (χ2n) is 6.16. The van der Waals surface area contributed by atoms with Crippen molar-refractivity contribution in [1.82, 2.24) is 4.90 Å². The molecule has 0 N–H and O–H groups in total. The number of carbonyl (C=O) groups excluding carboxylic acids is 2. The highest BCUT2D eigenvalue weighted by molar-refractivity contribution is 5.82. The van der Waals surface area contributed by atoms with Crippen LogP contribution >= 0.6 is 0 Å². The van der Waals surface area contributed by atoms with Crippen molar-refractivity contribution < 1.29 is 9.59 Å². The van der Waals surface area contributed by atoms with Gasteiger partial charge in [0.05, 0.1) is 0 Å². The van der Waals surface area contributed by atoms with Gasteiger partial charge in [-0.05, 0) is 50.9 Å². The van der Waals surface area contributed by atoms with Crippen LogP contribution in [0, 0.1) is 17.8 Å². The maximum Gasteiger partial charge on any atom is 0.225 e. The van der Waals surface area contributed by atoms with Gasteiger partial charge in [-0.25, -0.2) is 0 Å². The number of rotatable bonds is 3. The Balaban J connectivity index is 1.61. The molecule has 3 rings (SSSR count). The van der Waals surface area contributed by atoms with E-state index < -0.39 is 0 Å². The maximum atomic E-state index is 12.4. The zero-order valence-corrected chi connectivity index (χ0v) is 10.5. The number of Topliss-reactive ketones (excluding diaryl/α,β-unsaturated/α-hetero) is 1. The quantitative estimate of drug-likeness (QED) is 0.750. The standard InChI is InChI=1S/C14H21NO2/c1-9(16)5-13-3-2-4-15(13)14(17)12-7-10-6-11(10)8-12/h10-13H,2-8H2,1H3. The molecule has 3 nitrogen and oxygen atoms in total. The normalized spacial score (nSPS) is 39.2. The van der Waals surface area contributed by atoms with Crippen LogP contribution in [0.5, 0.6) is 0 Å². The molecule has 3 heteroatoms. The van der Waals surface area contributed by atoms with E-state index >= 15 is 0 Å². The Morgan fingerprint density at radius 1 is 1.18 bits per heavy atom. The Hall–Kier alpha value is -0.860. The van der Waals surface area contributed by atoms with Gasteiger partial charge in [0.1, 0.15) is 5.78 Å². The molecule has 0 aromatic rings. The first-order valence-electron chi connectivity index (χ1n) is 6.95. The first-order valence-corrected chi connectivity index (χ1v) is 6.95. The highest BCUT2D eigenvalue weighted by Crippen LogP contribution is 2.54. The van der Waals surface area contributed by atoms with Gasteiger partial charge in [0, 0.05) is 24.9 Å². The summed E-state index contributed by atoms with van der Waals surface area (Å²) in [6.45, 7) is 2.51. The third-order valence-electron chi connectivity index (χ3n) is 4.78. The van der Waals surface area contributed by atoms with Crippen LogP contribution in [0.4, 0.5) is 0 Å². The van der Waals surface area contributed by atoms with Crippen LogP contribution in [0.2, 0.25) is 0 Å². The van der Waals surface area contributed by atoms with E-state index in [0.717, 1.165) is 44.1 Å². The minimum Gasteiger partial charge on any atom is -0.339 e. The van der Waals surface area contributed by atoms with Gasteiger partial charge in [-0.2, -0.15) is 0 Å². The fraction of sp³-hybridized carbons (Fsp3) is 0.857. The number of hydrogen-bond acceptors (Lipinski definition) is 2. The summed E-state index contributed by atoms with van der Waals surface area (Å²) in [5.41, 5.74) is 0. The summed E-state index contributed by atoms with van der Waals surface area (Å²) in [4.78, 5) is 25.6. The minimum atomic E-state index is 0.205. The molecule has 2 saturated carbocycles. The molecule has 3 aliphatic rings. The predicted octanol–water partition coefficient (Wildman–Crippen LogP) is 2.00. The average Bonchev–Trinajstić information content (AvgIpc) is 2.73. The zero-order valence-electron chi connectivity index (χ0n) is 10.5. The lowest BCUT2D eigenvalue weighted by atomic mass is 10.0. The first kappa shape index (κ1) is 11.2. The molecule has 1 amide bonds. The molecule has 3 unspecified atom stereocenters. The van der Waals surface area contributed by atoms with Crippen molar-refractivity contribution in [3.8, 4) is 0 Å². The number of carbonyl (C=O) groups is 2. The van der Waals surface area contributed by atoms with E-state index in [-0.39, 0.29) is 17.7 Å². The van der Waals surface area contributed by atoms with E-state index in [1.807, 2.05) is 4.90 Å². The fourth-order valence-corrected chi connectivity index (χ4v) is 3.82. The Morgan fingerprint density at radius 2 is 1.88 bits per heavy atom. The van der Waals surface area contributed by atoms with Gasteiger partial charge in [0.25, 0.3) is 0 Å². The van der Waals surface area contributed by atoms with E-state index in [0.29, 0.717) is 12.3 Å². The number of likely N-dealkylation sites (tertiary alicyclic amines) is 1. The van der Waals surface area contributed by atoms with E-state index in [1.54, 1.807) is 6.92 Å². The Morgan fingerprint density at radius 3 is 2.53 bits per heavy atom. The topological polar surface area (TPSA) is 37.4 Å². The molecule has 0 aromatic carbocycles. The van der Waals surface area contributed by atoms with Crippen LogP contribution < -0.4 is 0 Å². The molecule has 94 valence electrons. The van der Waals surface area contributed by atoms with Gasteiger partial charge in [0.2, 0.25) is 5.91 Å². The van der Waals surface area contributed by atoms with Gasteiger partial charge < -0.3 is 4.90 Å². The summed E-state index contributed by atoms with van der Waals surface area (Å²) >= 11 is 0. The molecule has 0 radical (unpaired) electrons. The molecule has 17 heavy (non-hydrogen) atoms. The summed E-state index contributed by atoms with van der Waals surface area (Å²) in [5.74, 6) is 2.56. The summed E-state index contributed by atoms with van der Waals surface area (Å²) < 4.78 is 0. The molecule has 0 bridgehead atoms. The maximum absolute atomic E-state index is 12.4. The zero-order chi connectivity index (χ0) is 12.0. The third-order valence-corrected chi connectivity index (χ3v) is 4.78. The fourth-order valence-electron chi connectivity index (χ4n) is 3.82. The molecular formula is C14H21NO2. The number of amides is 1. The van der Waals surface area contributed by atoms with E-state index in [4.69, 9.17) is 0 Å². The van der Waals surface area contributed by atoms with Crippen molar-refractivity contribution in [3.63, 3.8) is 0 Å². The van der Waals surface area contributed by atoms with Crippen molar-refractivity contribution >= 4 is 11.7 Å². The van der Waals surface area contributed by atoms with Gasteiger partial charge in [0.15, 0.2) is 0 Å². The van der Waals surface area contributed by atoms with Gasteiger partial charge in [-0.15, -0.1) is 0 Å². The Labute approximate surface area is 103 Å². The minimum absolute atomic E-state index is 0.205. The predicted molar refractivity (Wildman–Crippen MR) is 64.4 cm³/mol. The molecule has 0 aromatic heterocycles. The first-order chi connectivity index (χ1) is 8.15. The molecule has 2 aliphatic carbocycles. The lowest BCUT2D eigenvalue weighted by Gasteiger charge is -2.27. The van der Waals surface area contributed by atoms with Crippen molar-refractivity contribution in [2.75, 3.05) is 6.54 Å². The Bertz CT molecular complexity index is 342. The van der Waals surface area contributed by atoms with E-state index in [2.05, 4.69) is 0 Å². The molecule has 1 saturated heterocycles. The smallest absolute Gasteiger partial charge is 0.225 e. The lowest BCUT2D eigenvalue weighted by Crippen LogP contribution is -2.40. The summed E-state index contributed by atoms with van der Waals surface area (Å²) in [6, 6.07) is 0.205. The largest absolute Gasteiger partial charge is 0.339 e. The van der Waals surface area contributed by atoms with Crippen molar-refractivity contribution in [2.45, 2.75) is 51.5 Å². The van der Waals surface area contributed by atoms with Crippen LogP contribution in [0.1, 0.15) is 45.4 Å². The van der Waals surface area contributed by atoms with Gasteiger partial charge >= 0.3 is 0 Å². The van der Waals surface area contributed by atoms with Gasteiger partial charge in [-0.1, -0.05) is 0 Å². The molecule has 1 heterocycles. The third kappa shape index (κ3) is 2.12. The van der Waals surface area contributed by atoms with Crippen molar-refractivity contribution in [1.29, 1.82) is 0 Å². The average molecular weight is 235 g/mol. The lowest BCUT2D eigenvalue weighted by molar-refractivity contribution is -0.137. The second-order valence-corrected chi connectivity index (χ2v) is 6.16. The number of nitrogens with zero attached hydrogens (tertiary/aromatic N) is 1. The monoisotopic (exact) mass is 235 g/mol. The molecule has 0 spiro atoms. The van der Waals surface area contributed by atoms with E-state index in [1.165, 1.54) is 6.42 Å². The van der Waals surface area contributed by atoms with Crippen LogP contribution in [-0.4, -0.2) is 29.2 Å². The summed E-state index contributed by atoms with van der Waals surface area (Å²) in [6.07, 6.45) is 6.25. The molecule has 3 fully saturated rings. The highest BCUT2D eigenvalue weighted by atomic mass is 16.2. The van der Waals surface area contributed by atoms with Crippen LogP contribution in [-0.2, 0) is 9.59 Å². The molecule has 3 atom stereocenters. The van der Waals surface area contributed by atoms with Gasteiger partial charge in [-0.3, -0.25) is 9.59 Å². The van der Waals surface area contributed by atoms with Crippen LogP contribution in [0.15, 0.2) is 0 Å².